The summed E-state index contributed by atoms with van der Waals surface area (Å²) >= 11 is 0. The molecule has 2 rings (SSSR count). The van der Waals surface area contributed by atoms with E-state index in [9.17, 15) is 9.50 Å². The number of aliphatic hydroxyl groups is 1. The Morgan fingerprint density at radius 3 is 2.94 bits per heavy atom. The molecular formula is C13H18FNO. The summed E-state index contributed by atoms with van der Waals surface area (Å²) in [6, 6.07) is 6.82. The Balaban J connectivity index is 2.06. The van der Waals surface area contributed by atoms with Crippen molar-refractivity contribution in [2.45, 2.75) is 18.9 Å². The van der Waals surface area contributed by atoms with Gasteiger partial charge in [0, 0.05) is 19.0 Å². The summed E-state index contributed by atoms with van der Waals surface area (Å²) in [5.41, 5.74) is 0.710. The summed E-state index contributed by atoms with van der Waals surface area (Å²) in [6.07, 6.45) is 1.11. The first-order chi connectivity index (χ1) is 7.66. The van der Waals surface area contributed by atoms with Crippen LogP contribution in [0, 0.1) is 11.7 Å². The highest BCUT2D eigenvalue weighted by Crippen LogP contribution is 2.21. The fourth-order valence-corrected chi connectivity index (χ4v) is 2.35. The van der Waals surface area contributed by atoms with Gasteiger partial charge in [-0.05, 0) is 31.5 Å². The largest absolute Gasteiger partial charge is 0.393 e. The predicted octanol–water partition coefficient (Wildman–Crippen LogP) is 1.68. The van der Waals surface area contributed by atoms with Crippen LogP contribution in [0.1, 0.15) is 12.0 Å². The third-order valence-corrected chi connectivity index (χ3v) is 3.34. The van der Waals surface area contributed by atoms with E-state index < -0.39 is 0 Å². The third kappa shape index (κ3) is 2.60. The quantitative estimate of drug-likeness (QED) is 0.824. The Bertz CT molecular complexity index is 356. The van der Waals surface area contributed by atoms with E-state index in [0.717, 1.165) is 19.5 Å². The molecule has 0 amide bonds. The lowest BCUT2D eigenvalue weighted by Crippen LogP contribution is -2.42. The molecule has 2 unspecified atom stereocenters. The average Bonchev–Trinajstić information content (AvgIpc) is 2.27. The van der Waals surface area contributed by atoms with Crippen LogP contribution in [0.4, 0.5) is 4.39 Å². The maximum absolute atomic E-state index is 13.5. The van der Waals surface area contributed by atoms with Gasteiger partial charge in [-0.1, -0.05) is 18.2 Å². The normalized spacial score (nSPS) is 26.9. The number of rotatable bonds is 2. The molecule has 0 aromatic heterocycles. The highest BCUT2D eigenvalue weighted by atomic mass is 19.1. The standard InChI is InChI=1S/C13H18FNO/c1-15-7-6-13(16)11(9-15)8-10-4-2-3-5-12(10)14/h2-5,11,13,16H,6-9H2,1H3. The Morgan fingerprint density at radius 2 is 2.19 bits per heavy atom. The Hall–Kier alpha value is -0.930. The van der Waals surface area contributed by atoms with Crippen molar-refractivity contribution in [1.82, 2.24) is 4.90 Å². The average molecular weight is 223 g/mol. The van der Waals surface area contributed by atoms with Crippen molar-refractivity contribution in [1.29, 1.82) is 0 Å². The van der Waals surface area contributed by atoms with E-state index in [2.05, 4.69) is 4.90 Å². The lowest BCUT2D eigenvalue weighted by Gasteiger charge is -2.34. The molecule has 1 N–H and O–H groups in total. The van der Waals surface area contributed by atoms with E-state index in [-0.39, 0.29) is 17.8 Å². The fraction of sp³-hybridized carbons (Fsp3) is 0.538. The van der Waals surface area contributed by atoms with Gasteiger partial charge in [-0.25, -0.2) is 4.39 Å². The van der Waals surface area contributed by atoms with E-state index in [1.165, 1.54) is 6.07 Å². The van der Waals surface area contributed by atoms with Gasteiger partial charge in [0.25, 0.3) is 0 Å². The first-order valence-electron chi connectivity index (χ1n) is 5.77. The molecule has 88 valence electrons. The molecule has 1 aromatic rings. The number of nitrogens with zero attached hydrogens (tertiary/aromatic N) is 1. The van der Waals surface area contributed by atoms with E-state index >= 15 is 0 Å². The molecular weight excluding hydrogens is 205 g/mol. The second-order valence-corrected chi connectivity index (χ2v) is 4.67. The summed E-state index contributed by atoms with van der Waals surface area (Å²) in [5, 5.41) is 9.89. The van der Waals surface area contributed by atoms with Gasteiger partial charge in [-0.15, -0.1) is 0 Å². The van der Waals surface area contributed by atoms with Crippen molar-refractivity contribution in [2.24, 2.45) is 5.92 Å². The van der Waals surface area contributed by atoms with Crippen LogP contribution in [-0.4, -0.2) is 36.2 Å². The zero-order chi connectivity index (χ0) is 11.5. The zero-order valence-corrected chi connectivity index (χ0v) is 9.56. The highest BCUT2D eigenvalue weighted by Gasteiger charge is 2.26. The van der Waals surface area contributed by atoms with Crippen molar-refractivity contribution in [3.8, 4) is 0 Å². The van der Waals surface area contributed by atoms with Gasteiger partial charge in [-0.3, -0.25) is 0 Å². The van der Waals surface area contributed by atoms with Crippen molar-refractivity contribution in [3.63, 3.8) is 0 Å². The van der Waals surface area contributed by atoms with Crippen molar-refractivity contribution >= 4 is 0 Å². The molecule has 2 nitrogen and oxygen atoms in total. The summed E-state index contributed by atoms with van der Waals surface area (Å²) in [5.74, 6) is -0.0152. The molecule has 1 heterocycles. The smallest absolute Gasteiger partial charge is 0.126 e. The number of hydrogen-bond donors (Lipinski definition) is 1. The molecule has 0 saturated carbocycles. The highest BCUT2D eigenvalue weighted by molar-refractivity contribution is 5.18. The molecule has 1 aromatic carbocycles. The molecule has 1 fully saturated rings. The Labute approximate surface area is 95.7 Å². The molecule has 1 saturated heterocycles. The number of piperidine rings is 1. The summed E-state index contributed by atoms with van der Waals surface area (Å²) in [6.45, 7) is 1.77. The summed E-state index contributed by atoms with van der Waals surface area (Å²) in [4.78, 5) is 2.19. The van der Waals surface area contributed by atoms with Gasteiger partial charge in [0.1, 0.15) is 5.82 Å². The van der Waals surface area contributed by atoms with Crippen molar-refractivity contribution < 1.29 is 9.50 Å². The van der Waals surface area contributed by atoms with Gasteiger partial charge < -0.3 is 10.0 Å². The molecule has 1 aliphatic rings. The van der Waals surface area contributed by atoms with Crippen LogP contribution in [0.25, 0.3) is 0 Å². The molecule has 0 spiro atoms. The van der Waals surface area contributed by atoms with Crippen LogP contribution in [-0.2, 0) is 6.42 Å². The number of aliphatic hydroxyl groups excluding tert-OH is 1. The minimum atomic E-state index is -0.296. The number of halogens is 1. The number of likely N-dealkylation sites (tertiary alicyclic amines) is 1. The van der Waals surface area contributed by atoms with Gasteiger partial charge in [0.05, 0.1) is 6.10 Å². The van der Waals surface area contributed by atoms with Gasteiger partial charge in [0.2, 0.25) is 0 Å². The first-order valence-corrected chi connectivity index (χ1v) is 5.77. The van der Waals surface area contributed by atoms with Crippen LogP contribution < -0.4 is 0 Å². The molecule has 0 aliphatic carbocycles. The Kier molecular flexibility index (Phi) is 3.56. The maximum atomic E-state index is 13.5. The molecule has 3 heteroatoms. The molecule has 0 bridgehead atoms. The molecule has 16 heavy (non-hydrogen) atoms. The topological polar surface area (TPSA) is 23.5 Å². The van der Waals surface area contributed by atoms with E-state index in [4.69, 9.17) is 0 Å². The molecule has 2 atom stereocenters. The van der Waals surface area contributed by atoms with Crippen LogP contribution in [0.2, 0.25) is 0 Å². The first kappa shape index (κ1) is 11.6. The van der Waals surface area contributed by atoms with E-state index in [1.807, 2.05) is 13.1 Å². The predicted molar refractivity (Wildman–Crippen MR) is 61.7 cm³/mol. The monoisotopic (exact) mass is 223 g/mol. The van der Waals surface area contributed by atoms with E-state index in [0.29, 0.717) is 12.0 Å². The van der Waals surface area contributed by atoms with Crippen LogP contribution in [0.5, 0.6) is 0 Å². The third-order valence-electron chi connectivity index (χ3n) is 3.34. The van der Waals surface area contributed by atoms with Crippen molar-refractivity contribution in [3.05, 3.63) is 35.6 Å². The van der Waals surface area contributed by atoms with Gasteiger partial charge >= 0.3 is 0 Å². The second kappa shape index (κ2) is 4.93. The Morgan fingerprint density at radius 1 is 1.44 bits per heavy atom. The van der Waals surface area contributed by atoms with Crippen molar-refractivity contribution in [2.75, 3.05) is 20.1 Å². The molecule has 0 radical (unpaired) electrons. The zero-order valence-electron chi connectivity index (χ0n) is 9.56. The minimum Gasteiger partial charge on any atom is -0.393 e. The lowest BCUT2D eigenvalue weighted by molar-refractivity contribution is 0.0363. The maximum Gasteiger partial charge on any atom is 0.126 e. The minimum absolute atomic E-state index is 0.149. The lowest BCUT2D eigenvalue weighted by atomic mass is 9.89. The van der Waals surface area contributed by atoms with Crippen LogP contribution in [0.15, 0.2) is 24.3 Å². The summed E-state index contributed by atoms with van der Waals surface area (Å²) < 4.78 is 13.5. The summed E-state index contributed by atoms with van der Waals surface area (Å²) in [7, 11) is 2.04. The van der Waals surface area contributed by atoms with Gasteiger partial charge in [-0.2, -0.15) is 0 Å². The van der Waals surface area contributed by atoms with E-state index in [1.54, 1.807) is 12.1 Å². The SMILES string of the molecule is CN1CCC(O)C(Cc2ccccc2F)C1. The molecule has 1 aliphatic heterocycles. The number of hydrogen-bond acceptors (Lipinski definition) is 2. The fourth-order valence-electron chi connectivity index (χ4n) is 2.35. The van der Waals surface area contributed by atoms with Gasteiger partial charge in [0.15, 0.2) is 0 Å². The second-order valence-electron chi connectivity index (χ2n) is 4.67. The van der Waals surface area contributed by atoms with Crippen LogP contribution in [0.3, 0.4) is 0 Å². The number of benzene rings is 1. The van der Waals surface area contributed by atoms with Crippen LogP contribution >= 0.6 is 0 Å².